The summed E-state index contributed by atoms with van der Waals surface area (Å²) in [5, 5.41) is 14.1. The van der Waals surface area contributed by atoms with Crippen LogP contribution in [0.1, 0.15) is 25.1 Å². The van der Waals surface area contributed by atoms with Crippen molar-refractivity contribution in [2.75, 3.05) is 11.9 Å². The zero-order chi connectivity index (χ0) is 21.3. The maximum atomic E-state index is 14.9. The SMILES string of the molecule is Cc1nc2c(F)cc(-c3nc(N[C@@H]4C[C@H]5CC[C@H](O5)[C@H]4O)ncc3Cl)c3c2n1CCO3. The first-order valence-electron chi connectivity index (χ1n) is 10.4. The molecule has 2 N–H and O–H groups in total. The molecule has 4 atom stereocenters. The van der Waals surface area contributed by atoms with Crippen molar-refractivity contribution in [2.45, 2.75) is 57.1 Å². The van der Waals surface area contributed by atoms with Crippen LogP contribution < -0.4 is 10.1 Å². The molecule has 1 aromatic carbocycles. The number of anilines is 1. The fraction of sp³-hybridized carbons (Fsp3) is 0.476. The lowest BCUT2D eigenvalue weighted by atomic mass is 10.0. The van der Waals surface area contributed by atoms with Gasteiger partial charge in [0.15, 0.2) is 11.6 Å². The zero-order valence-electron chi connectivity index (χ0n) is 16.8. The third kappa shape index (κ3) is 2.98. The number of nitrogens with one attached hydrogen (secondary N) is 1. The molecule has 2 fully saturated rings. The summed E-state index contributed by atoms with van der Waals surface area (Å²) in [6.07, 6.45) is 3.27. The number of fused-ring (bicyclic) bond motifs is 2. The minimum atomic E-state index is -0.642. The molecule has 6 rings (SSSR count). The standard InChI is InChI=1S/C21H21ClFN5O3/c1-9-25-17-13(23)7-11(20-18(17)28(9)4-5-30-20)16-12(22)8-24-21(27-16)26-14-6-10-2-3-15(31-10)19(14)29/h7-8,10,14-15,19,29H,2-6H2,1H3,(H,24,26,27)/t10-,14-,15+,19+/m1/s1. The molecule has 5 heterocycles. The molecule has 8 nitrogen and oxygen atoms in total. The Balaban J connectivity index is 1.42. The van der Waals surface area contributed by atoms with Crippen LogP contribution in [0, 0.1) is 12.7 Å². The number of halogens is 2. The van der Waals surface area contributed by atoms with E-state index in [2.05, 4.69) is 20.3 Å². The number of hydrogen-bond donors (Lipinski definition) is 2. The monoisotopic (exact) mass is 445 g/mol. The summed E-state index contributed by atoms with van der Waals surface area (Å²) in [5.74, 6) is 1.11. The summed E-state index contributed by atoms with van der Waals surface area (Å²) in [5.41, 5.74) is 1.71. The van der Waals surface area contributed by atoms with Crippen molar-refractivity contribution < 1.29 is 19.0 Å². The van der Waals surface area contributed by atoms with Gasteiger partial charge in [-0.2, -0.15) is 0 Å². The Morgan fingerprint density at radius 3 is 3.06 bits per heavy atom. The van der Waals surface area contributed by atoms with Gasteiger partial charge in [-0.05, 0) is 32.3 Å². The first-order valence-corrected chi connectivity index (χ1v) is 10.8. The molecule has 0 unspecified atom stereocenters. The summed E-state index contributed by atoms with van der Waals surface area (Å²) in [4.78, 5) is 13.2. The van der Waals surface area contributed by atoms with E-state index in [4.69, 9.17) is 21.1 Å². The maximum Gasteiger partial charge on any atom is 0.223 e. The van der Waals surface area contributed by atoms with Crippen LogP contribution in [0.2, 0.25) is 5.02 Å². The number of benzene rings is 1. The lowest BCUT2D eigenvalue weighted by Crippen LogP contribution is -2.47. The van der Waals surface area contributed by atoms with Gasteiger partial charge < -0.3 is 24.5 Å². The van der Waals surface area contributed by atoms with Crippen molar-refractivity contribution in [1.82, 2.24) is 19.5 Å². The normalized spacial score (nSPS) is 26.8. The van der Waals surface area contributed by atoms with Gasteiger partial charge in [0.2, 0.25) is 5.95 Å². The van der Waals surface area contributed by atoms with Crippen LogP contribution in [0.5, 0.6) is 5.75 Å². The number of aliphatic hydroxyl groups excluding tert-OH is 1. The number of aryl methyl sites for hydroxylation is 1. The summed E-state index contributed by atoms with van der Waals surface area (Å²) in [6.45, 7) is 2.90. The van der Waals surface area contributed by atoms with Crippen molar-refractivity contribution in [3.63, 3.8) is 0 Å². The second-order valence-corrected chi connectivity index (χ2v) is 8.74. The minimum absolute atomic E-state index is 0.135. The number of hydrogen-bond acceptors (Lipinski definition) is 7. The number of aromatic nitrogens is 4. The van der Waals surface area contributed by atoms with Gasteiger partial charge in [-0.1, -0.05) is 11.6 Å². The van der Waals surface area contributed by atoms with Crippen LogP contribution in [-0.2, 0) is 11.3 Å². The number of nitrogens with zero attached hydrogens (tertiary/aromatic N) is 4. The highest BCUT2D eigenvalue weighted by atomic mass is 35.5. The molecule has 2 aromatic heterocycles. The van der Waals surface area contributed by atoms with Crippen LogP contribution in [-0.4, -0.2) is 55.6 Å². The molecular formula is C21H21ClFN5O3. The molecule has 2 saturated heterocycles. The fourth-order valence-electron chi connectivity index (χ4n) is 4.96. The Kier molecular flexibility index (Phi) is 4.35. The van der Waals surface area contributed by atoms with E-state index in [1.165, 1.54) is 12.3 Å². The van der Waals surface area contributed by atoms with E-state index in [1.54, 1.807) is 0 Å². The van der Waals surface area contributed by atoms with Gasteiger partial charge in [0.05, 0.1) is 41.7 Å². The Morgan fingerprint density at radius 1 is 1.32 bits per heavy atom. The average Bonchev–Trinajstić information content (AvgIpc) is 3.33. The van der Waals surface area contributed by atoms with Crippen LogP contribution in [0.4, 0.5) is 10.3 Å². The average molecular weight is 446 g/mol. The predicted molar refractivity (Wildman–Crippen MR) is 112 cm³/mol. The molecular weight excluding hydrogens is 425 g/mol. The lowest BCUT2D eigenvalue weighted by molar-refractivity contribution is -0.0811. The van der Waals surface area contributed by atoms with E-state index in [0.717, 1.165) is 18.7 Å². The molecule has 2 bridgehead atoms. The van der Waals surface area contributed by atoms with Crippen molar-refractivity contribution in [1.29, 1.82) is 0 Å². The number of ether oxygens (including phenoxy) is 2. The van der Waals surface area contributed by atoms with E-state index >= 15 is 0 Å². The quantitative estimate of drug-likeness (QED) is 0.639. The van der Waals surface area contributed by atoms with Gasteiger partial charge in [0.25, 0.3) is 0 Å². The fourth-order valence-corrected chi connectivity index (χ4v) is 5.15. The van der Waals surface area contributed by atoms with Crippen LogP contribution in [0.25, 0.3) is 22.3 Å². The van der Waals surface area contributed by atoms with Crippen LogP contribution in [0.15, 0.2) is 12.3 Å². The smallest absolute Gasteiger partial charge is 0.223 e. The first kappa shape index (κ1) is 19.2. The van der Waals surface area contributed by atoms with Crippen molar-refractivity contribution in [3.05, 3.63) is 28.9 Å². The lowest BCUT2D eigenvalue weighted by Gasteiger charge is -2.34. The topological polar surface area (TPSA) is 94.3 Å². The maximum absolute atomic E-state index is 14.9. The Morgan fingerprint density at radius 2 is 2.19 bits per heavy atom. The van der Waals surface area contributed by atoms with Gasteiger partial charge in [-0.15, -0.1) is 0 Å². The van der Waals surface area contributed by atoms with E-state index in [9.17, 15) is 9.50 Å². The molecule has 0 saturated carbocycles. The van der Waals surface area contributed by atoms with Gasteiger partial charge in [0, 0.05) is 5.56 Å². The van der Waals surface area contributed by atoms with Crippen molar-refractivity contribution >= 4 is 28.6 Å². The van der Waals surface area contributed by atoms with E-state index in [1.807, 2.05) is 11.5 Å². The largest absolute Gasteiger partial charge is 0.489 e. The van der Waals surface area contributed by atoms with Gasteiger partial charge >= 0.3 is 0 Å². The molecule has 0 radical (unpaired) electrons. The molecule has 0 aliphatic carbocycles. The first-order chi connectivity index (χ1) is 15.0. The molecule has 0 amide bonds. The third-order valence-electron chi connectivity index (χ3n) is 6.44. The van der Waals surface area contributed by atoms with Gasteiger partial charge in [-0.25, -0.2) is 19.3 Å². The Bertz CT molecular complexity index is 1200. The van der Waals surface area contributed by atoms with Gasteiger partial charge in [0.1, 0.15) is 29.6 Å². The highest BCUT2D eigenvalue weighted by molar-refractivity contribution is 6.33. The number of aliphatic hydroxyl groups is 1. The summed E-state index contributed by atoms with van der Waals surface area (Å²) < 4.78 is 28.6. The molecule has 3 aliphatic rings. The molecule has 0 spiro atoms. The second kappa shape index (κ2) is 7.01. The molecule has 3 aromatic rings. The number of rotatable bonds is 3. The molecule has 3 aliphatic heterocycles. The summed E-state index contributed by atoms with van der Waals surface area (Å²) >= 11 is 6.43. The highest BCUT2D eigenvalue weighted by Crippen LogP contribution is 2.42. The highest BCUT2D eigenvalue weighted by Gasteiger charge is 2.42. The summed E-state index contributed by atoms with van der Waals surface area (Å²) in [7, 11) is 0. The van der Waals surface area contributed by atoms with Crippen LogP contribution in [0.3, 0.4) is 0 Å². The third-order valence-corrected chi connectivity index (χ3v) is 6.72. The summed E-state index contributed by atoms with van der Waals surface area (Å²) in [6, 6.07) is 1.14. The van der Waals surface area contributed by atoms with E-state index in [0.29, 0.717) is 48.0 Å². The predicted octanol–water partition coefficient (Wildman–Crippen LogP) is 3.08. The Hall–Kier alpha value is -2.49. The molecule has 162 valence electrons. The van der Waals surface area contributed by atoms with Crippen LogP contribution >= 0.6 is 11.6 Å². The zero-order valence-corrected chi connectivity index (χ0v) is 17.6. The molecule has 31 heavy (non-hydrogen) atoms. The number of imidazole rings is 1. The van der Waals surface area contributed by atoms with E-state index < -0.39 is 11.9 Å². The minimum Gasteiger partial charge on any atom is -0.489 e. The van der Waals surface area contributed by atoms with E-state index in [-0.39, 0.29) is 28.8 Å². The van der Waals surface area contributed by atoms with Gasteiger partial charge in [-0.3, -0.25) is 0 Å². The second-order valence-electron chi connectivity index (χ2n) is 8.33. The Labute approximate surface area is 182 Å². The molecule has 10 heteroatoms. The van der Waals surface area contributed by atoms with Crippen molar-refractivity contribution in [3.8, 4) is 17.0 Å². The van der Waals surface area contributed by atoms with Crippen molar-refractivity contribution in [2.24, 2.45) is 0 Å².